The molecule has 166 valence electrons. The van der Waals surface area contributed by atoms with E-state index in [1.807, 2.05) is 0 Å². The number of nitrogens with one attached hydrogen (secondary N) is 2. The molecule has 0 saturated heterocycles. The van der Waals surface area contributed by atoms with Crippen LogP contribution in [-0.4, -0.2) is 43.4 Å². The number of rotatable bonds is 9. The summed E-state index contributed by atoms with van der Waals surface area (Å²) in [5.74, 6) is -2.10. The van der Waals surface area contributed by atoms with E-state index in [2.05, 4.69) is 10.9 Å². The zero-order valence-corrected chi connectivity index (χ0v) is 18.0. The molecule has 2 aromatic rings. The lowest BCUT2D eigenvalue weighted by atomic mass is 10.1. The molecular formula is C21H24FN3O5S. The highest BCUT2D eigenvalue weighted by Crippen LogP contribution is 2.17. The largest absolute Gasteiger partial charge is 0.294 e. The molecule has 0 atom stereocenters. The van der Waals surface area contributed by atoms with Crippen LogP contribution < -0.4 is 10.9 Å². The quantitative estimate of drug-likeness (QED) is 0.451. The van der Waals surface area contributed by atoms with E-state index in [1.54, 1.807) is 13.8 Å². The molecular weight excluding hydrogens is 425 g/mol. The van der Waals surface area contributed by atoms with Crippen LogP contribution in [0.1, 0.15) is 47.4 Å². The molecule has 0 radical (unpaired) electrons. The molecule has 0 aliphatic carbocycles. The fourth-order valence-electron chi connectivity index (χ4n) is 2.78. The SMILES string of the molecule is CCN(CC)S(=O)(=O)c1cccc(C(=O)NNC(=O)CCC(=O)c2ccc(F)cc2)c1. The lowest BCUT2D eigenvalue weighted by molar-refractivity contribution is -0.121. The summed E-state index contributed by atoms with van der Waals surface area (Å²) >= 11 is 0. The Labute approximate surface area is 180 Å². The Kier molecular flexibility index (Phi) is 8.40. The van der Waals surface area contributed by atoms with Gasteiger partial charge in [-0.1, -0.05) is 19.9 Å². The third kappa shape index (κ3) is 6.43. The van der Waals surface area contributed by atoms with Gasteiger partial charge in [-0.3, -0.25) is 25.2 Å². The van der Waals surface area contributed by atoms with Crippen LogP contribution in [0.5, 0.6) is 0 Å². The van der Waals surface area contributed by atoms with Gasteiger partial charge in [0.25, 0.3) is 5.91 Å². The summed E-state index contributed by atoms with van der Waals surface area (Å²) in [6, 6.07) is 10.4. The van der Waals surface area contributed by atoms with E-state index in [4.69, 9.17) is 0 Å². The Morgan fingerprint density at radius 1 is 0.903 bits per heavy atom. The molecule has 2 N–H and O–H groups in total. The molecule has 0 spiro atoms. The molecule has 0 saturated carbocycles. The molecule has 10 heteroatoms. The van der Waals surface area contributed by atoms with Gasteiger partial charge in [-0.2, -0.15) is 4.31 Å². The number of hydrazine groups is 1. The van der Waals surface area contributed by atoms with Gasteiger partial charge in [0.05, 0.1) is 4.90 Å². The Morgan fingerprint density at radius 3 is 2.16 bits per heavy atom. The molecule has 2 rings (SSSR count). The maximum Gasteiger partial charge on any atom is 0.269 e. The van der Waals surface area contributed by atoms with E-state index in [9.17, 15) is 27.2 Å². The van der Waals surface area contributed by atoms with E-state index >= 15 is 0 Å². The number of ketones is 1. The van der Waals surface area contributed by atoms with Crippen LogP contribution in [0.4, 0.5) is 4.39 Å². The number of carbonyl (C=O) groups is 3. The Bertz CT molecular complexity index is 1050. The number of Topliss-reactive ketones (excluding diaryl/α,β-unsaturated/α-hetero) is 1. The summed E-state index contributed by atoms with van der Waals surface area (Å²) in [4.78, 5) is 36.2. The van der Waals surface area contributed by atoms with E-state index in [0.29, 0.717) is 13.1 Å². The summed E-state index contributed by atoms with van der Waals surface area (Å²) in [6.45, 7) is 4.02. The average Bonchev–Trinajstić information content (AvgIpc) is 2.77. The van der Waals surface area contributed by atoms with Gasteiger partial charge in [0.1, 0.15) is 5.82 Å². The maximum absolute atomic E-state index is 12.9. The van der Waals surface area contributed by atoms with Gasteiger partial charge in [-0.05, 0) is 42.5 Å². The van der Waals surface area contributed by atoms with Crippen molar-refractivity contribution in [3.63, 3.8) is 0 Å². The third-order valence-electron chi connectivity index (χ3n) is 4.50. The molecule has 0 aliphatic rings. The van der Waals surface area contributed by atoms with Crippen LogP contribution in [0.15, 0.2) is 53.4 Å². The monoisotopic (exact) mass is 449 g/mol. The van der Waals surface area contributed by atoms with Crippen molar-refractivity contribution in [3.8, 4) is 0 Å². The highest BCUT2D eigenvalue weighted by molar-refractivity contribution is 7.89. The van der Waals surface area contributed by atoms with Crippen LogP contribution in [0.25, 0.3) is 0 Å². The fraction of sp³-hybridized carbons (Fsp3) is 0.286. The number of hydrogen-bond acceptors (Lipinski definition) is 5. The Morgan fingerprint density at radius 2 is 1.55 bits per heavy atom. The second kappa shape index (κ2) is 10.8. The molecule has 0 aliphatic heterocycles. The first kappa shape index (κ1) is 24.2. The minimum atomic E-state index is -3.73. The van der Waals surface area contributed by atoms with Gasteiger partial charge in [0.15, 0.2) is 5.78 Å². The highest BCUT2D eigenvalue weighted by atomic mass is 32.2. The van der Waals surface area contributed by atoms with Crippen molar-refractivity contribution >= 4 is 27.6 Å². The van der Waals surface area contributed by atoms with Gasteiger partial charge in [0.2, 0.25) is 15.9 Å². The number of sulfonamides is 1. The maximum atomic E-state index is 12.9. The minimum Gasteiger partial charge on any atom is -0.294 e. The van der Waals surface area contributed by atoms with Crippen LogP contribution in [0, 0.1) is 5.82 Å². The summed E-state index contributed by atoms with van der Waals surface area (Å²) in [5, 5.41) is 0. The van der Waals surface area contributed by atoms with E-state index in [0.717, 1.165) is 12.1 Å². The summed E-state index contributed by atoms with van der Waals surface area (Å²) in [7, 11) is -3.73. The lowest BCUT2D eigenvalue weighted by Gasteiger charge is -2.18. The van der Waals surface area contributed by atoms with Crippen molar-refractivity contribution in [2.24, 2.45) is 0 Å². The van der Waals surface area contributed by atoms with E-state index in [1.165, 1.54) is 40.7 Å². The normalized spacial score (nSPS) is 11.2. The standard InChI is InChI=1S/C21H24FN3O5S/c1-3-25(4-2)31(29,30)18-7-5-6-16(14-18)21(28)24-23-20(27)13-12-19(26)15-8-10-17(22)11-9-15/h5-11,14H,3-4,12-13H2,1-2H3,(H,23,27)(H,24,28). The van der Waals surface area contributed by atoms with Crippen molar-refractivity contribution in [3.05, 3.63) is 65.5 Å². The van der Waals surface area contributed by atoms with Crippen LogP contribution in [0.3, 0.4) is 0 Å². The fourth-order valence-corrected chi connectivity index (χ4v) is 4.28. The van der Waals surface area contributed by atoms with Gasteiger partial charge < -0.3 is 0 Å². The number of halogens is 1. The average molecular weight is 450 g/mol. The van der Waals surface area contributed by atoms with E-state index in [-0.39, 0.29) is 34.6 Å². The predicted octanol–water partition coefficient (Wildman–Crippen LogP) is 2.28. The van der Waals surface area contributed by atoms with Crippen molar-refractivity contribution in [2.45, 2.75) is 31.6 Å². The molecule has 0 fully saturated rings. The molecule has 0 unspecified atom stereocenters. The number of nitrogens with zero attached hydrogens (tertiary/aromatic N) is 1. The first-order valence-electron chi connectivity index (χ1n) is 9.67. The molecule has 31 heavy (non-hydrogen) atoms. The number of carbonyl (C=O) groups excluding carboxylic acids is 3. The number of amides is 2. The second-order valence-corrected chi connectivity index (χ2v) is 8.49. The van der Waals surface area contributed by atoms with Crippen LogP contribution in [-0.2, 0) is 14.8 Å². The Hall–Kier alpha value is -3.11. The minimum absolute atomic E-state index is 0.0277. The molecule has 0 heterocycles. The molecule has 0 aromatic heterocycles. The van der Waals surface area contributed by atoms with Crippen molar-refractivity contribution in [1.82, 2.24) is 15.2 Å². The number of hydrogen-bond donors (Lipinski definition) is 2. The molecule has 8 nitrogen and oxygen atoms in total. The Balaban J connectivity index is 1.93. The van der Waals surface area contributed by atoms with Crippen molar-refractivity contribution in [2.75, 3.05) is 13.1 Å². The first-order chi connectivity index (χ1) is 14.7. The smallest absolute Gasteiger partial charge is 0.269 e. The van der Waals surface area contributed by atoms with Crippen LogP contribution >= 0.6 is 0 Å². The molecule has 0 bridgehead atoms. The first-order valence-corrected chi connectivity index (χ1v) is 11.1. The molecule has 2 aromatic carbocycles. The van der Waals surface area contributed by atoms with Gasteiger partial charge in [0, 0.05) is 37.1 Å². The topological polar surface area (TPSA) is 113 Å². The van der Waals surface area contributed by atoms with Crippen molar-refractivity contribution in [1.29, 1.82) is 0 Å². The summed E-state index contributed by atoms with van der Waals surface area (Å²) < 4.78 is 39.3. The van der Waals surface area contributed by atoms with Gasteiger partial charge in [-0.15, -0.1) is 0 Å². The van der Waals surface area contributed by atoms with Crippen LogP contribution in [0.2, 0.25) is 0 Å². The van der Waals surface area contributed by atoms with Crippen molar-refractivity contribution < 1.29 is 27.2 Å². The zero-order valence-electron chi connectivity index (χ0n) is 17.2. The van der Waals surface area contributed by atoms with Gasteiger partial charge in [-0.25, -0.2) is 12.8 Å². The predicted molar refractivity (Wildman–Crippen MR) is 112 cm³/mol. The summed E-state index contributed by atoms with van der Waals surface area (Å²) in [5.41, 5.74) is 4.72. The highest BCUT2D eigenvalue weighted by Gasteiger charge is 2.22. The lowest BCUT2D eigenvalue weighted by Crippen LogP contribution is -2.41. The second-order valence-electron chi connectivity index (χ2n) is 6.55. The number of benzene rings is 2. The van der Waals surface area contributed by atoms with E-state index < -0.39 is 27.7 Å². The summed E-state index contributed by atoms with van der Waals surface area (Å²) in [6.07, 6.45) is -0.308. The zero-order chi connectivity index (χ0) is 23.0. The third-order valence-corrected chi connectivity index (χ3v) is 6.55. The van der Waals surface area contributed by atoms with Gasteiger partial charge >= 0.3 is 0 Å². The molecule has 2 amide bonds.